The fraction of sp³-hybridized carbons (Fsp3) is 0.0625. The number of hydrogen-bond acceptors (Lipinski definition) is 3. The van der Waals surface area contributed by atoms with Gasteiger partial charge in [0, 0.05) is 0 Å². The Balaban J connectivity index is 2.26. The number of ether oxygens (including phenoxy) is 1. The van der Waals surface area contributed by atoms with Crippen molar-refractivity contribution in [3.8, 4) is 16.9 Å². The van der Waals surface area contributed by atoms with Crippen LogP contribution in [0.15, 0.2) is 55.1 Å². The SMILES string of the molecule is C=C(C(=O)OC)c1ccc(-c2ccc(O)cc2)cc1. The third kappa shape index (κ3) is 2.83. The third-order valence-corrected chi connectivity index (χ3v) is 2.87. The van der Waals surface area contributed by atoms with Crippen LogP contribution in [0.2, 0.25) is 0 Å². The molecule has 0 heterocycles. The Hall–Kier alpha value is -2.55. The van der Waals surface area contributed by atoms with Gasteiger partial charge in [-0.25, -0.2) is 4.79 Å². The van der Waals surface area contributed by atoms with Crippen molar-refractivity contribution < 1.29 is 14.6 Å². The predicted molar refractivity (Wildman–Crippen MR) is 74.6 cm³/mol. The molecule has 96 valence electrons. The molecule has 2 rings (SSSR count). The van der Waals surface area contributed by atoms with Gasteiger partial charge >= 0.3 is 5.97 Å². The number of carbonyl (C=O) groups excluding carboxylic acids is 1. The second-order valence-corrected chi connectivity index (χ2v) is 4.09. The van der Waals surface area contributed by atoms with Crippen LogP contribution in [0, 0.1) is 0 Å². The van der Waals surface area contributed by atoms with Crippen molar-refractivity contribution in [2.24, 2.45) is 0 Å². The summed E-state index contributed by atoms with van der Waals surface area (Å²) in [5.74, 6) is -0.197. The van der Waals surface area contributed by atoms with E-state index in [1.807, 2.05) is 36.4 Å². The van der Waals surface area contributed by atoms with E-state index >= 15 is 0 Å². The lowest BCUT2D eigenvalue weighted by molar-refractivity contribution is -0.133. The molecule has 1 N–H and O–H groups in total. The molecule has 3 nitrogen and oxygen atoms in total. The van der Waals surface area contributed by atoms with E-state index in [1.54, 1.807) is 12.1 Å². The molecular formula is C16H14O3. The monoisotopic (exact) mass is 254 g/mol. The first-order valence-corrected chi connectivity index (χ1v) is 5.79. The highest BCUT2D eigenvalue weighted by Gasteiger charge is 2.09. The van der Waals surface area contributed by atoms with Gasteiger partial charge in [-0.1, -0.05) is 43.0 Å². The summed E-state index contributed by atoms with van der Waals surface area (Å²) in [6.45, 7) is 3.70. The molecular weight excluding hydrogens is 240 g/mol. The summed E-state index contributed by atoms with van der Waals surface area (Å²) in [7, 11) is 1.33. The van der Waals surface area contributed by atoms with Crippen LogP contribution in [0.3, 0.4) is 0 Å². The molecule has 0 radical (unpaired) electrons. The van der Waals surface area contributed by atoms with E-state index in [0.717, 1.165) is 16.7 Å². The van der Waals surface area contributed by atoms with E-state index in [4.69, 9.17) is 0 Å². The van der Waals surface area contributed by atoms with Gasteiger partial charge in [0.2, 0.25) is 0 Å². The van der Waals surface area contributed by atoms with Crippen LogP contribution in [0.5, 0.6) is 5.75 Å². The summed E-state index contributed by atoms with van der Waals surface area (Å²) in [6, 6.07) is 14.4. The molecule has 0 amide bonds. The van der Waals surface area contributed by atoms with Crippen LogP contribution in [-0.4, -0.2) is 18.2 Å². The number of phenolic OH excluding ortho intramolecular Hbond substituents is 1. The first-order chi connectivity index (χ1) is 9.11. The Labute approximate surface area is 111 Å². The van der Waals surface area contributed by atoms with E-state index in [-0.39, 0.29) is 5.75 Å². The average Bonchev–Trinajstić information content (AvgIpc) is 2.46. The molecule has 0 bridgehead atoms. The Morgan fingerprint density at radius 2 is 1.47 bits per heavy atom. The van der Waals surface area contributed by atoms with Gasteiger partial charge in [0.25, 0.3) is 0 Å². The number of phenols is 1. The Bertz CT molecular complexity index is 595. The number of methoxy groups -OCH3 is 1. The molecule has 19 heavy (non-hydrogen) atoms. The highest BCUT2D eigenvalue weighted by atomic mass is 16.5. The van der Waals surface area contributed by atoms with Gasteiger partial charge < -0.3 is 9.84 Å². The van der Waals surface area contributed by atoms with Crippen LogP contribution in [0.4, 0.5) is 0 Å². The van der Waals surface area contributed by atoms with Gasteiger partial charge in [-0.3, -0.25) is 0 Å². The van der Waals surface area contributed by atoms with E-state index in [0.29, 0.717) is 5.57 Å². The lowest BCUT2D eigenvalue weighted by Crippen LogP contribution is -2.02. The lowest BCUT2D eigenvalue weighted by atomic mass is 10.0. The van der Waals surface area contributed by atoms with E-state index in [9.17, 15) is 9.90 Å². The highest BCUT2D eigenvalue weighted by Crippen LogP contribution is 2.24. The fourth-order valence-corrected chi connectivity index (χ4v) is 1.76. The van der Waals surface area contributed by atoms with Crippen LogP contribution in [0.25, 0.3) is 16.7 Å². The average molecular weight is 254 g/mol. The predicted octanol–water partition coefficient (Wildman–Crippen LogP) is 3.25. The normalized spacial score (nSPS) is 9.95. The van der Waals surface area contributed by atoms with Crippen molar-refractivity contribution in [1.82, 2.24) is 0 Å². The van der Waals surface area contributed by atoms with Crippen LogP contribution in [0.1, 0.15) is 5.56 Å². The van der Waals surface area contributed by atoms with E-state index in [1.165, 1.54) is 7.11 Å². The number of aromatic hydroxyl groups is 1. The zero-order valence-electron chi connectivity index (χ0n) is 10.6. The van der Waals surface area contributed by atoms with E-state index < -0.39 is 5.97 Å². The second-order valence-electron chi connectivity index (χ2n) is 4.09. The number of hydrogen-bond donors (Lipinski definition) is 1. The molecule has 0 unspecified atom stereocenters. The number of benzene rings is 2. The maximum atomic E-state index is 11.4. The summed E-state index contributed by atoms with van der Waals surface area (Å²) in [5.41, 5.74) is 3.06. The summed E-state index contributed by atoms with van der Waals surface area (Å²) >= 11 is 0. The molecule has 0 spiro atoms. The smallest absolute Gasteiger partial charge is 0.337 e. The Morgan fingerprint density at radius 3 is 1.95 bits per heavy atom. The molecule has 0 aliphatic heterocycles. The highest BCUT2D eigenvalue weighted by molar-refractivity contribution is 6.15. The van der Waals surface area contributed by atoms with Gasteiger partial charge in [-0.15, -0.1) is 0 Å². The molecule has 3 heteroatoms. The minimum atomic E-state index is -0.433. The molecule has 2 aromatic rings. The summed E-state index contributed by atoms with van der Waals surface area (Å²) in [6.07, 6.45) is 0. The van der Waals surface area contributed by atoms with Crippen molar-refractivity contribution in [2.75, 3.05) is 7.11 Å². The molecule has 0 aromatic heterocycles. The molecule has 0 aliphatic carbocycles. The maximum absolute atomic E-state index is 11.4. The summed E-state index contributed by atoms with van der Waals surface area (Å²) in [4.78, 5) is 11.4. The minimum Gasteiger partial charge on any atom is -0.508 e. The largest absolute Gasteiger partial charge is 0.508 e. The first-order valence-electron chi connectivity index (χ1n) is 5.79. The van der Waals surface area contributed by atoms with Gasteiger partial charge in [0.05, 0.1) is 12.7 Å². The number of esters is 1. The molecule has 0 fully saturated rings. The molecule has 0 aliphatic rings. The zero-order chi connectivity index (χ0) is 13.8. The van der Waals surface area contributed by atoms with Crippen molar-refractivity contribution >= 4 is 11.5 Å². The van der Waals surface area contributed by atoms with Gasteiger partial charge in [0.15, 0.2) is 0 Å². The van der Waals surface area contributed by atoms with Crippen molar-refractivity contribution in [3.63, 3.8) is 0 Å². The quantitative estimate of drug-likeness (QED) is 0.675. The van der Waals surface area contributed by atoms with Crippen LogP contribution >= 0.6 is 0 Å². The topological polar surface area (TPSA) is 46.5 Å². The Kier molecular flexibility index (Phi) is 3.66. The zero-order valence-corrected chi connectivity index (χ0v) is 10.6. The Morgan fingerprint density at radius 1 is 1.00 bits per heavy atom. The third-order valence-electron chi connectivity index (χ3n) is 2.87. The molecule has 0 atom stereocenters. The van der Waals surface area contributed by atoms with Crippen LogP contribution < -0.4 is 0 Å². The second kappa shape index (κ2) is 5.40. The molecule has 0 saturated carbocycles. The minimum absolute atomic E-state index is 0.236. The van der Waals surface area contributed by atoms with Crippen molar-refractivity contribution in [2.45, 2.75) is 0 Å². The maximum Gasteiger partial charge on any atom is 0.337 e. The lowest BCUT2D eigenvalue weighted by Gasteiger charge is -2.06. The van der Waals surface area contributed by atoms with Gasteiger partial charge in [-0.2, -0.15) is 0 Å². The van der Waals surface area contributed by atoms with Crippen molar-refractivity contribution in [3.05, 3.63) is 60.7 Å². The van der Waals surface area contributed by atoms with Crippen LogP contribution in [-0.2, 0) is 9.53 Å². The summed E-state index contributed by atoms with van der Waals surface area (Å²) < 4.78 is 4.63. The number of rotatable bonds is 3. The van der Waals surface area contributed by atoms with Gasteiger partial charge in [-0.05, 0) is 28.8 Å². The standard InChI is InChI=1S/C16H14O3/c1-11(16(18)19-2)12-3-5-13(6-4-12)14-7-9-15(17)10-8-14/h3-10,17H,1H2,2H3. The molecule has 0 saturated heterocycles. The van der Waals surface area contributed by atoms with E-state index in [2.05, 4.69) is 11.3 Å². The fourth-order valence-electron chi connectivity index (χ4n) is 1.76. The number of carbonyl (C=O) groups is 1. The van der Waals surface area contributed by atoms with Gasteiger partial charge in [0.1, 0.15) is 5.75 Å². The first kappa shape index (κ1) is 12.9. The summed E-state index contributed by atoms with van der Waals surface area (Å²) in [5, 5.41) is 9.25. The molecule has 2 aromatic carbocycles. The van der Waals surface area contributed by atoms with Crippen molar-refractivity contribution in [1.29, 1.82) is 0 Å².